The van der Waals surface area contributed by atoms with Gasteiger partial charge >= 0.3 is 0 Å². The summed E-state index contributed by atoms with van der Waals surface area (Å²) >= 11 is 1.82. The molecule has 0 aliphatic heterocycles. The molecule has 0 amide bonds. The van der Waals surface area contributed by atoms with Gasteiger partial charge in [-0.3, -0.25) is 0 Å². The number of phenols is 1. The van der Waals surface area contributed by atoms with Gasteiger partial charge in [0.25, 0.3) is 0 Å². The molecule has 0 bridgehead atoms. The maximum atomic E-state index is 9.56. The average Bonchev–Trinajstić information content (AvgIpc) is 3.04. The minimum Gasteiger partial charge on any atom is -0.508 e. The summed E-state index contributed by atoms with van der Waals surface area (Å²) < 4.78 is 0. The first-order valence-electron chi connectivity index (χ1n) is 9.58. The van der Waals surface area contributed by atoms with Crippen LogP contribution < -0.4 is 0 Å². The lowest BCUT2D eigenvalue weighted by molar-refractivity contribution is 0.196. The van der Waals surface area contributed by atoms with Gasteiger partial charge in [0.05, 0.1) is 10.6 Å². The predicted octanol–water partition coefficient (Wildman–Crippen LogP) is 6.47. The Labute approximate surface area is 160 Å². The summed E-state index contributed by atoms with van der Waals surface area (Å²) in [5.74, 6) is 1.54. The summed E-state index contributed by atoms with van der Waals surface area (Å²) in [5, 5.41) is 10.6. The molecule has 2 aromatic rings. The van der Waals surface area contributed by atoms with E-state index in [2.05, 4.69) is 33.4 Å². The van der Waals surface area contributed by atoms with Crippen LogP contribution in [0.15, 0.2) is 42.5 Å². The van der Waals surface area contributed by atoms with Gasteiger partial charge < -0.3 is 5.11 Å². The van der Waals surface area contributed by atoms with Crippen LogP contribution in [0, 0.1) is 17.3 Å². The van der Waals surface area contributed by atoms with E-state index in [1.165, 1.54) is 34.6 Å². The minimum absolute atomic E-state index is 0.225. The van der Waals surface area contributed by atoms with E-state index in [0.29, 0.717) is 17.6 Å². The van der Waals surface area contributed by atoms with Gasteiger partial charge in [0.2, 0.25) is 0 Å². The van der Waals surface area contributed by atoms with E-state index in [1.54, 1.807) is 12.1 Å². The second-order valence-electron chi connectivity index (χ2n) is 8.17. The average molecular weight is 366 g/mol. The number of fused-ring (bicyclic) bond motifs is 3. The molecular weight excluding hydrogens is 338 g/mol. The standard InChI is InChI=1S/C23H27NOS/c1-5-17-12-20-21(19-11-8-16(14(2)3)13-23(17,19)4)26-22(24-20)15-6-9-18(25)10-7-15/h6-7,9-11,16-17,25H,2,5,8,12-13H2,1,3-4H3/t16-,17?,23+/m1/s1. The van der Waals surface area contributed by atoms with Gasteiger partial charge in [-0.2, -0.15) is 0 Å². The van der Waals surface area contributed by atoms with Crippen molar-refractivity contribution in [1.82, 2.24) is 4.98 Å². The Kier molecular flexibility index (Phi) is 4.31. The van der Waals surface area contributed by atoms with E-state index in [9.17, 15) is 5.11 Å². The molecule has 1 aromatic carbocycles. The number of aromatic nitrogens is 1. The summed E-state index contributed by atoms with van der Waals surface area (Å²) in [5.41, 5.74) is 5.42. The molecule has 1 N–H and O–H groups in total. The number of thiazole rings is 1. The fraction of sp³-hybridized carbons (Fsp3) is 0.435. The highest BCUT2D eigenvalue weighted by Gasteiger charge is 2.46. The third-order valence-corrected chi connectivity index (χ3v) is 7.66. The molecule has 1 heterocycles. The fourth-order valence-electron chi connectivity index (χ4n) is 4.79. The zero-order valence-electron chi connectivity index (χ0n) is 15.9. The molecular formula is C23H27NOS. The highest BCUT2D eigenvalue weighted by Crippen LogP contribution is 2.58. The van der Waals surface area contributed by atoms with E-state index >= 15 is 0 Å². The lowest BCUT2D eigenvalue weighted by Crippen LogP contribution is -2.38. The Morgan fingerprint density at radius 1 is 1.35 bits per heavy atom. The van der Waals surface area contributed by atoms with Crippen molar-refractivity contribution < 1.29 is 5.11 Å². The number of nitrogens with zero attached hydrogens (tertiary/aromatic N) is 1. The summed E-state index contributed by atoms with van der Waals surface area (Å²) in [4.78, 5) is 6.39. The number of allylic oxidation sites excluding steroid dienone is 3. The molecule has 0 radical (unpaired) electrons. The molecule has 3 atom stereocenters. The number of rotatable bonds is 3. The smallest absolute Gasteiger partial charge is 0.124 e. The molecule has 2 aliphatic carbocycles. The topological polar surface area (TPSA) is 33.1 Å². The second kappa shape index (κ2) is 6.38. The molecule has 3 heteroatoms. The van der Waals surface area contributed by atoms with Crippen LogP contribution in [0.3, 0.4) is 0 Å². The monoisotopic (exact) mass is 365 g/mol. The van der Waals surface area contributed by atoms with Gasteiger partial charge in [0.15, 0.2) is 0 Å². The summed E-state index contributed by atoms with van der Waals surface area (Å²) in [6.45, 7) is 11.2. The largest absolute Gasteiger partial charge is 0.508 e. The third-order valence-electron chi connectivity index (χ3n) is 6.48. The molecule has 0 fully saturated rings. The lowest BCUT2D eigenvalue weighted by Gasteiger charge is -2.47. The third kappa shape index (κ3) is 2.73. The summed E-state index contributed by atoms with van der Waals surface area (Å²) in [6.07, 6.45) is 7.03. The van der Waals surface area contributed by atoms with Gasteiger partial charge in [-0.1, -0.05) is 38.5 Å². The quantitative estimate of drug-likeness (QED) is 0.632. The number of hydrogen-bond acceptors (Lipinski definition) is 3. The predicted molar refractivity (Wildman–Crippen MR) is 110 cm³/mol. The summed E-state index contributed by atoms with van der Waals surface area (Å²) in [6, 6.07) is 7.41. The molecule has 1 unspecified atom stereocenters. The molecule has 136 valence electrons. The van der Waals surface area contributed by atoms with Crippen molar-refractivity contribution in [1.29, 1.82) is 0 Å². The lowest BCUT2D eigenvalue weighted by atomic mass is 9.57. The van der Waals surface area contributed by atoms with Crippen molar-refractivity contribution in [3.05, 3.63) is 53.1 Å². The molecule has 0 saturated carbocycles. The van der Waals surface area contributed by atoms with Crippen LogP contribution in [0.25, 0.3) is 16.1 Å². The summed E-state index contributed by atoms with van der Waals surface area (Å²) in [7, 11) is 0. The van der Waals surface area contributed by atoms with Crippen LogP contribution in [0.5, 0.6) is 5.75 Å². The molecule has 4 rings (SSSR count). The minimum atomic E-state index is 0.225. The maximum absolute atomic E-state index is 9.56. The number of aromatic hydroxyl groups is 1. The first-order chi connectivity index (χ1) is 12.4. The van der Waals surface area contributed by atoms with E-state index in [4.69, 9.17) is 4.98 Å². The van der Waals surface area contributed by atoms with Crippen LogP contribution in [0.4, 0.5) is 0 Å². The van der Waals surface area contributed by atoms with E-state index in [0.717, 1.165) is 23.4 Å². The van der Waals surface area contributed by atoms with Crippen LogP contribution in [0.1, 0.15) is 50.6 Å². The first-order valence-corrected chi connectivity index (χ1v) is 10.4. The fourth-order valence-corrected chi connectivity index (χ4v) is 6.07. The molecule has 2 nitrogen and oxygen atoms in total. The Morgan fingerprint density at radius 3 is 2.73 bits per heavy atom. The van der Waals surface area contributed by atoms with Crippen molar-refractivity contribution in [2.24, 2.45) is 17.3 Å². The Morgan fingerprint density at radius 2 is 2.08 bits per heavy atom. The van der Waals surface area contributed by atoms with Crippen molar-refractivity contribution in [3.8, 4) is 16.3 Å². The highest BCUT2D eigenvalue weighted by molar-refractivity contribution is 7.16. The van der Waals surface area contributed by atoms with Gasteiger partial charge in [-0.15, -0.1) is 11.3 Å². The highest BCUT2D eigenvalue weighted by atomic mass is 32.1. The van der Waals surface area contributed by atoms with Gasteiger partial charge in [-0.05, 0) is 73.3 Å². The van der Waals surface area contributed by atoms with E-state index < -0.39 is 0 Å². The molecule has 2 aliphatic rings. The normalized spacial score (nSPS) is 27.4. The van der Waals surface area contributed by atoms with Gasteiger partial charge in [-0.25, -0.2) is 4.98 Å². The number of benzene rings is 1. The molecule has 26 heavy (non-hydrogen) atoms. The SMILES string of the molecule is C=C(C)[C@@H]1CC=C2c3sc(-c4ccc(O)cc4)nc3CC(CC)[C@]2(C)C1. The Bertz CT molecular complexity index is 876. The van der Waals surface area contributed by atoms with E-state index in [-0.39, 0.29) is 5.41 Å². The molecule has 1 aromatic heterocycles. The van der Waals surface area contributed by atoms with Crippen molar-refractivity contribution in [2.75, 3.05) is 0 Å². The Balaban J connectivity index is 1.79. The zero-order valence-corrected chi connectivity index (χ0v) is 16.7. The van der Waals surface area contributed by atoms with Crippen LogP contribution in [0.2, 0.25) is 0 Å². The van der Waals surface area contributed by atoms with Crippen LogP contribution >= 0.6 is 11.3 Å². The second-order valence-corrected chi connectivity index (χ2v) is 9.17. The van der Waals surface area contributed by atoms with E-state index in [1.807, 2.05) is 23.5 Å². The first kappa shape index (κ1) is 17.5. The van der Waals surface area contributed by atoms with Gasteiger partial charge in [0.1, 0.15) is 10.8 Å². The number of hydrogen-bond donors (Lipinski definition) is 1. The van der Waals surface area contributed by atoms with Crippen LogP contribution in [-0.4, -0.2) is 10.1 Å². The molecule has 0 saturated heterocycles. The Hall–Kier alpha value is -1.87. The van der Waals surface area contributed by atoms with Crippen molar-refractivity contribution >= 4 is 16.9 Å². The van der Waals surface area contributed by atoms with Gasteiger partial charge in [0, 0.05) is 5.56 Å². The number of phenolic OH excluding ortho intramolecular Hbond substituents is 1. The maximum Gasteiger partial charge on any atom is 0.124 e. The van der Waals surface area contributed by atoms with Crippen LogP contribution in [-0.2, 0) is 6.42 Å². The van der Waals surface area contributed by atoms with Crippen molar-refractivity contribution in [3.63, 3.8) is 0 Å². The molecule has 0 spiro atoms. The van der Waals surface area contributed by atoms with Crippen molar-refractivity contribution in [2.45, 2.75) is 46.5 Å². The zero-order chi connectivity index (χ0) is 18.5.